The Balaban J connectivity index is 2.40. The predicted octanol–water partition coefficient (Wildman–Crippen LogP) is 3.09. The Kier molecular flexibility index (Phi) is 3.86. The fourth-order valence-corrected chi connectivity index (χ4v) is 3.10. The van der Waals surface area contributed by atoms with E-state index in [2.05, 4.69) is 25.6 Å². The zero-order valence-electron chi connectivity index (χ0n) is 9.89. The van der Waals surface area contributed by atoms with Crippen LogP contribution in [0.25, 0.3) is 0 Å². The molecule has 1 aromatic carbocycles. The first-order valence-corrected chi connectivity index (χ1v) is 7.58. The highest BCUT2D eigenvalue weighted by Gasteiger charge is 2.19. The number of halogens is 2. The van der Waals surface area contributed by atoms with Gasteiger partial charge >= 0.3 is 0 Å². The summed E-state index contributed by atoms with van der Waals surface area (Å²) in [5.41, 5.74) is 0.806. The molecule has 0 spiro atoms. The summed E-state index contributed by atoms with van der Waals surface area (Å²) in [6.07, 6.45) is 0. The van der Waals surface area contributed by atoms with Crippen molar-refractivity contribution in [3.05, 3.63) is 52.5 Å². The monoisotopic (exact) mass is 344 g/mol. The minimum atomic E-state index is -3.96. The fourth-order valence-electron chi connectivity index (χ4n) is 1.50. The number of nitrogens with one attached hydrogen (secondary N) is 1. The van der Waals surface area contributed by atoms with Gasteiger partial charge in [0.2, 0.25) is 0 Å². The molecule has 0 fully saturated rings. The topological polar surface area (TPSA) is 59.1 Å². The van der Waals surface area contributed by atoms with Gasteiger partial charge in [0.25, 0.3) is 10.0 Å². The van der Waals surface area contributed by atoms with E-state index in [1.54, 1.807) is 19.1 Å². The maximum absolute atomic E-state index is 13.5. The molecule has 0 aliphatic heterocycles. The third kappa shape index (κ3) is 3.10. The van der Waals surface area contributed by atoms with Gasteiger partial charge in [-0.3, -0.25) is 4.72 Å². The second-order valence-electron chi connectivity index (χ2n) is 3.80. The number of hydrogen-bond acceptors (Lipinski definition) is 3. The maximum Gasteiger partial charge on any atom is 0.264 e. The summed E-state index contributed by atoms with van der Waals surface area (Å²) in [6, 6.07) is 8.36. The molecule has 0 aliphatic rings. The summed E-state index contributed by atoms with van der Waals surface area (Å²) in [4.78, 5) is 3.68. The first kappa shape index (κ1) is 14.0. The molecule has 0 saturated heterocycles. The highest BCUT2D eigenvalue weighted by Crippen LogP contribution is 2.21. The summed E-state index contributed by atoms with van der Waals surface area (Å²) in [7, 11) is -3.96. The molecule has 2 rings (SSSR count). The quantitative estimate of drug-likeness (QED) is 0.870. The van der Waals surface area contributed by atoms with Crippen LogP contribution in [0.4, 0.5) is 10.1 Å². The van der Waals surface area contributed by atoms with Gasteiger partial charge in [-0.05, 0) is 47.1 Å². The average molecular weight is 345 g/mol. The van der Waals surface area contributed by atoms with Crippen molar-refractivity contribution < 1.29 is 12.8 Å². The zero-order chi connectivity index (χ0) is 14.0. The molecule has 0 radical (unpaired) electrons. The van der Waals surface area contributed by atoms with E-state index in [0.29, 0.717) is 16.0 Å². The Labute approximate surface area is 118 Å². The van der Waals surface area contributed by atoms with E-state index < -0.39 is 20.7 Å². The lowest BCUT2D eigenvalue weighted by Crippen LogP contribution is -2.15. The second-order valence-corrected chi connectivity index (χ2v) is 6.27. The summed E-state index contributed by atoms with van der Waals surface area (Å²) < 4.78 is 40.6. The third-order valence-electron chi connectivity index (χ3n) is 2.42. The van der Waals surface area contributed by atoms with Crippen LogP contribution in [0.1, 0.15) is 5.69 Å². The van der Waals surface area contributed by atoms with Crippen LogP contribution in [0, 0.1) is 12.7 Å². The Morgan fingerprint density at radius 3 is 2.53 bits per heavy atom. The smallest absolute Gasteiger partial charge is 0.264 e. The van der Waals surface area contributed by atoms with Gasteiger partial charge in [-0.1, -0.05) is 12.1 Å². The lowest BCUT2D eigenvalue weighted by atomic mass is 10.3. The molecular formula is C12H10BrFN2O2S. The number of benzene rings is 1. The molecule has 1 N–H and O–H groups in total. The average Bonchev–Trinajstić information content (AvgIpc) is 2.33. The van der Waals surface area contributed by atoms with Crippen LogP contribution in [-0.4, -0.2) is 13.4 Å². The normalized spacial score (nSPS) is 11.3. The highest BCUT2D eigenvalue weighted by molar-refractivity contribution is 9.10. The highest BCUT2D eigenvalue weighted by atomic mass is 79.9. The van der Waals surface area contributed by atoms with E-state index in [0.717, 1.165) is 6.07 Å². The molecule has 0 aliphatic carbocycles. The first-order chi connectivity index (χ1) is 8.90. The Hall–Kier alpha value is -1.47. The number of nitrogens with zero attached hydrogens (tertiary/aromatic N) is 1. The van der Waals surface area contributed by atoms with Crippen LogP contribution < -0.4 is 4.72 Å². The van der Waals surface area contributed by atoms with Crippen molar-refractivity contribution in [2.24, 2.45) is 0 Å². The molecule has 0 saturated carbocycles. The molecule has 19 heavy (non-hydrogen) atoms. The van der Waals surface area contributed by atoms with Crippen molar-refractivity contribution in [1.82, 2.24) is 4.98 Å². The van der Waals surface area contributed by atoms with Gasteiger partial charge in [0.05, 0.1) is 11.4 Å². The fraction of sp³-hybridized carbons (Fsp3) is 0.0833. The lowest BCUT2D eigenvalue weighted by Gasteiger charge is -2.10. The number of sulfonamides is 1. The Morgan fingerprint density at radius 1 is 1.21 bits per heavy atom. The first-order valence-electron chi connectivity index (χ1n) is 5.30. The standard InChI is InChI=1S/C12H10BrFN2O2S/c1-8-10(6-7-12(13)15-8)16-19(17,18)11-5-3-2-4-9(11)14/h2-7,16H,1H3. The van der Waals surface area contributed by atoms with Gasteiger partial charge in [-0.25, -0.2) is 17.8 Å². The van der Waals surface area contributed by atoms with Crippen molar-refractivity contribution >= 4 is 31.6 Å². The van der Waals surface area contributed by atoms with Crippen molar-refractivity contribution in [2.45, 2.75) is 11.8 Å². The van der Waals surface area contributed by atoms with Crippen molar-refractivity contribution in [3.8, 4) is 0 Å². The number of pyridine rings is 1. The molecule has 0 amide bonds. The largest absolute Gasteiger partial charge is 0.278 e. The minimum Gasteiger partial charge on any atom is -0.278 e. The van der Waals surface area contributed by atoms with Crippen molar-refractivity contribution in [1.29, 1.82) is 0 Å². The van der Waals surface area contributed by atoms with Crippen LogP contribution in [0.15, 0.2) is 45.9 Å². The summed E-state index contributed by atoms with van der Waals surface area (Å²) in [6.45, 7) is 1.66. The molecule has 7 heteroatoms. The van der Waals surface area contributed by atoms with Crippen molar-refractivity contribution in [3.63, 3.8) is 0 Å². The second kappa shape index (κ2) is 5.26. The molecule has 0 unspecified atom stereocenters. The summed E-state index contributed by atoms with van der Waals surface area (Å²) >= 11 is 3.18. The maximum atomic E-state index is 13.5. The van der Waals surface area contributed by atoms with Gasteiger partial charge in [-0.15, -0.1) is 0 Å². The predicted molar refractivity (Wildman–Crippen MR) is 73.9 cm³/mol. The van der Waals surface area contributed by atoms with Crippen LogP contribution >= 0.6 is 15.9 Å². The van der Waals surface area contributed by atoms with Gasteiger partial charge in [0.15, 0.2) is 0 Å². The lowest BCUT2D eigenvalue weighted by molar-refractivity contribution is 0.570. The van der Waals surface area contributed by atoms with Gasteiger partial charge in [0, 0.05) is 0 Å². The SMILES string of the molecule is Cc1nc(Br)ccc1NS(=O)(=O)c1ccccc1F. The number of hydrogen-bond donors (Lipinski definition) is 1. The van der Waals surface area contributed by atoms with Crippen LogP contribution in [-0.2, 0) is 10.0 Å². The van der Waals surface area contributed by atoms with Crippen LogP contribution in [0.2, 0.25) is 0 Å². The Morgan fingerprint density at radius 2 is 1.89 bits per heavy atom. The number of anilines is 1. The van der Waals surface area contributed by atoms with E-state index in [1.807, 2.05) is 0 Å². The number of aromatic nitrogens is 1. The number of rotatable bonds is 3. The van der Waals surface area contributed by atoms with Crippen LogP contribution in [0.3, 0.4) is 0 Å². The van der Waals surface area contributed by atoms with E-state index in [4.69, 9.17) is 0 Å². The molecule has 2 aromatic rings. The van der Waals surface area contributed by atoms with Gasteiger partial charge < -0.3 is 0 Å². The number of aryl methyl sites for hydroxylation is 1. The third-order valence-corrected chi connectivity index (χ3v) is 4.26. The zero-order valence-corrected chi connectivity index (χ0v) is 12.3. The van der Waals surface area contributed by atoms with E-state index in [-0.39, 0.29) is 0 Å². The van der Waals surface area contributed by atoms with Crippen molar-refractivity contribution in [2.75, 3.05) is 4.72 Å². The minimum absolute atomic E-state index is 0.312. The molecule has 100 valence electrons. The summed E-state index contributed by atoms with van der Waals surface area (Å²) in [5, 5.41) is 0. The molecular weight excluding hydrogens is 335 g/mol. The van der Waals surface area contributed by atoms with E-state index >= 15 is 0 Å². The van der Waals surface area contributed by atoms with E-state index in [1.165, 1.54) is 18.2 Å². The molecule has 4 nitrogen and oxygen atoms in total. The molecule has 1 heterocycles. The van der Waals surface area contributed by atoms with Crippen LogP contribution in [0.5, 0.6) is 0 Å². The van der Waals surface area contributed by atoms with Gasteiger partial charge in [0.1, 0.15) is 15.3 Å². The molecule has 0 bridgehead atoms. The molecule has 0 atom stereocenters. The molecule has 1 aromatic heterocycles. The summed E-state index contributed by atoms with van der Waals surface area (Å²) in [5.74, 6) is -0.794. The van der Waals surface area contributed by atoms with Gasteiger partial charge in [-0.2, -0.15) is 0 Å². The van der Waals surface area contributed by atoms with E-state index in [9.17, 15) is 12.8 Å². The Bertz CT molecular complexity index is 719.